The van der Waals surface area contributed by atoms with Gasteiger partial charge in [0.2, 0.25) is 0 Å². The van der Waals surface area contributed by atoms with Crippen molar-refractivity contribution in [1.29, 1.82) is 0 Å². The van der Waals surface area contributed by atoms with Crippen molar-refractivity contribution in [2.75, 3.05) is 13.1 Å². The minimum absolute atomic E-state index is 0. The highest BCUT2D eigenvalue weighted by Gasteiger charge is 2.42. The first kappa shape index (κ1) is 53.4. The smallest absolute Gasteiger partial charge is 0.308 e. The number of halogens is 2. The van der Waals surface area contributed by atoms with Crippen LogP contribution >= 0.6 is 24.8 Å². The summed E-state index contributed by atoms with van der Waals surface area (Å²) in [6, 6.07) is 19.9. The number of rotatable bonds is 25. The largest absolute Gasteiger partial charge is 0.481 e. The van der Waals surface area contributed by atoms with Crippen LogP contribution in [0.4, 0.5) is 0 Å². The van der Waals surface area contributed by atoms with Crippen molar-refractivity contribution in [2.45, 2.75) is 161 Å². The standard InChI is InChI=1S/C24H41N5O2.C19H33N5.2ClH/c1-4-5-6-7-8-9-10-14-17-25-22-27-23(2,3)29-24(28-22,18-21(30)31)26-19-20-15-12-11-13-16-20;1-2-3-4-5-6-7-8-12-15-22-18(20)24-19(21)23-16-17-13-10-9-11-14-17;;/h11-13,15-16,26,29H,4-10,14,17-19H2,1-3H3,(H,30,31)(H2,25,27,28);9-11,13-14H,2-8,12,15-16H2,1H3,(H5,20,21,22,23,24);2*1H. The Morgan fingerprint density at radius 1 is 0.667 bits per heavy atom. The number of unbranched alkanes of at least 4 members (excludes halogenated alkanes) is 14. The normalized spacial score (nSPS) is 16.9. The van der Waals surface area contributed by atoms with Gasteiger partial charge in [-0.05, 0) is 37.8 Å². The molecule has 0 radical (unpaired) electrons. The Kier molecular flexibility index (Phi) is 30.4. The fraction of sp³-hybridized carbons (Fsp3) is 0.628. The monoisotopic (exact) mass is 835 g/mol. The molecule has 1 saturated heterocycles. The fourth-order valence-electron chi connectivity index (χ4n) is 6.37. The summed E-state index contributed by atoms with van der Waals surface area (Å²) in [6.07, 6.45) is 20.2. The van der Waals surface area contributed by atoms with Crippen LogP contribution in [-0.2, 0) is 17.9 Å². The van der Waals surface area contributed by atoms with Crippen molar-refractivity contribution in [3.63, 3.8) is 0 Å². The fourth-order valence-corrected chi connectivity index (χ4v) is 6.37. The van der Waals surface area contributed by atoms with Gasteiger partial charge in [0.15, 0.2) is 23.7 Å². The molecule has 1 aliphatic rings. The molecule has 0 spiro atoms. The summed E-state index contributed by atoms with van der Waals surface area (Å²) in [7, 11) is 0. The first-order chi connectivity index (χ1) is 26.6. The van der Waals surface area contributed by atoms with E-state index in [-0.39, 0.29) is 31.2 Å². The number of hydrogen-bond donors (Lipinski definition) is 8. The molecule has 1 unspecified atom stereocenters. The summed E-state index contributed by atoms with van der Waals surface area (Å²) in [6.45, 7) is 11.0. The van der Waals surface area contributed by atoms with Crippen molar-refractivity contribution in [2.24, 2.45) is 26.4 Å². The molecule has 57 heavy (non-hydrogen) atoms. The zero-order valence-electron chi connectivity index (χ0n) is 35.3. The topological polar surface area (TPSA) is 187 Å². The van der Waals surface area contributed by atoms with Gasteiger partial charge in [0.05, 0.1) is 18.6 Å². The quantitative estimate of drug-likeness (QED) is 0.0277. The number of benzene rings is 2. The number of hydrogen-bond acceptors (Lipinski definition) is 6. The molecule has 0 saturated carbocycles. The number of aliphatic carboxylic acids is 1. The third-order valence-electron chi connectivity index (χ3n) is 9.25. The van der Waals surface area contributed by atoms with Gasteiger partial charge in [0.25, 0.3) is 0 Å². The SMILES string of the molecule is CCCCCCCCCCN=C(N)NC(N)=NCc1ccccc1.CCCCCCCCCCN=C1NC(C)(C)NC(CC(=O)O)(NCc2ccccc2)N1.Cl.Cl. The van der Waals surface area contributed by atoms with Gasteiger partial charge in [0.1, 0.15) is 0 Å². The molecule has 14 heteroatoms. The van der Waals surface area contributed by atoms with Gasteiger partial charge < -0.3 is 27.2 Å². The maximum Gasteiger partial charge on any atom is 0.308 e. The lowest BCUT2D eigenvalue weighted by Crippen LogP contribution is -2.81. The summed E-state index contributed by atoms with van der Waals surface area (Å²) in [5.74, 6) is -0.605. The van der Waals surface area contributed by atoms with Crippen molar-refractivity contribution < 1.29 is 9.90 Å². The summed E-state index contributed by atoms with van der Waals surface area (Å²) < 4.78 is 0. The van der Waals surface area contributed by atoms with E-state index in [2.05, 4.69) is 50.4 Å². The number of nitrogens with one attached hydrogen (secondary N) is 5. The van der Waals surface area contributed by atoms with Gasteiger partial charge in [-0.1, -0.05) is 164 Å². The summed E-state index contributed by atoms with van der Waals surface area (Å²) in [5.41, 5.74) is 13.3. The first-order valence-electron chi connectivity index (χ1n) is 20.9. The lowest BCUT2D eigenvalue weighted by molar-refractivity contribution is -0.140. The summed E-state index contributed by atoms with van der Waals surface area (Å²) in [5, 5.41) is 25.8. The lowest BCUT2D eigenvalue weighted by atomic mass is 10.1. The third-order valence-corrected chi connectivity index (χ3v) is 9.25. The Labute approximate surface area is 356 Å². The van der Waals surface area contributed by atoms with E-state index >= 15 is 0 Å². The number of nitrogens with two attached hydrogens (primary N) is 2. The molecule has 1 aliphatic heterocycles. The average molecular weight is 836 g/mol. The Morgan fingerprint density at radius 2 is 1.14 bits per heavy atom. The molecule has 2 aromatic rings. The lowest BCUT2D eigenvalue weighted by Gasteiger charge is -2.48. The van der Waals surface area contributed by atoms with Crippen LogP contribution in [0.25, 0.3) is 0 Å². The Morgan fingerprint density at radius 3 is 1.67 bits per heavy atom. The Balaban J connectivity index is 0.00000110. The van der Waals surface area contributed by atoms with Crippen molar-refractivity contribution in [3.05, 3.63) is 71.8 Å². The molecule has 2 aromatic carbocycles. The van der Waals surface area contributed by atoms with Crippen LogP contribution in [0, 0.1) is 0 Å². The van der Waals surface area contributed by atoms with Gasteiger partial charge in [-0.2, -0.15) is 0 Å². The molecule has 3 rings (SSSR count). The van der Waals surface area contributed by atoms with E-state index in [4.69, 9.17) is 16.5 Å². The van der Waals surface area contributed by atoms with Gasteiger partial charge >= 0.3 is 5.97 Å². The summed E-state index contributed by atoms with van der Waals surface area (Å²) >= 11 is 0. The van der Waals surface area contributed by atoms with Gasteiger partial charge in [0, 0.05) is 19.6 Å². The second-order valence-electron chi connectivity index (χ2n) is 15.1. The molecule has 1 fully saturated rings. The predicted molar refractivity (Wildman–Crippen MR) is 245 cm³/mol. The van der Waals surface area contributed by atoms with Gasteiger partial charge in [-0.3, -0.25) is 30.7 Å². The molecule has 324 valence electrons. The maximum atomic E-state index is 11.6. The number of carboxylic acid groups (broad SMARTS) is 1. The van der Waals surface area contributed by atoms with Crippen molar-refractivity contribution >= 4 is 48.7 Å². The molecule has 12 nitrogen and oxygen atoms in total. The second-order valence-corrected chi connectivity index (χ2v) is 15.1. The maximum absolute atomic E-state index is 11.6. The highest BCUT2D eigenvalue weighted by Crippen LogP contribution is 2.16. The average Bonchev–Trinajstić information content (AvgIpc) is 3.15. The molecule has 10 N–H and O–H groups in total. The minimum Gasteiger partial charge on any atom is -0.481 e. The minimum atomic E-state index is -0.992. The predicted octanol–water partition coefficient (Wildman–Crippen LogP) is 8.31. The van der Waals surface area contributed by atoms with E-state index in [9.17, 15) is 9.90 Å². The molecule has 0 bridgehead atoms. The highest BCUT2D eigenvalue weighted by atomic mass is 35.5. The van der Waals surface area contributed by atoms with Crippen LogP contribution in [0.1, 0.15) is 148 Å². The van der Waals surface area contributed by atoms with E-state index in [1.165, 1.54) is 89.9 Å². The van der Waals surface area contributed by atoms with E-state index < -0.39 is 17.4 Å². The highest BCUT2D eigenvalue weighted by molar-refractivity contribution is 5.97. The Hall–Kier alpha value is -3.58. The third kappa shape index (κ3) is 26.9. The van der Waals surface area contributed by atoms with E-state index in [1.807, 2.05) is 74.5 Å². The number of nitrogens with zero attached hydrogens (tertiary/aromatic N) is 3. The number of aliphatic imine (C=N–C) groups is 3. The second kappa shape index (κ2) is 32.4. The molecule has 0 aromatic heterocycles. The van der Waals surface area contributed by atoms with Gasteiger partial charge in [-0.15, -0.1) is 24.8 Å². The van der Waals surface area contributed by atoms with Crippen LogP contribution < -0.4 is 38.1 Å². The van der Waals surface area contributed by atoms with Crippen LogP contribution in [0.2, 0.25) is 0 Å². The van der Waals surface area contributed by atoms with Crippen LogP contribution in [-0.4, -0.2) is 53.5 Å². The van der Waals surface area contributed by atoms with Crippen LogP contribution in [0.15, 0.2) is 75.6 Å². The van der Waals surface area contributed by atoms with Gasteiger partial charge in [-0.25, -0.2) is 4.99 Å². The number of carboxylic acids is 1. The molecule has 0 aliphatic carbocycles. The van der Waals surface area contributed by atoms with Crippen LogP contribution in [0.5, 0.6) is 0 Å². The first-order valence-corrected chi connectivity index (χ1v) is 20.9. The number of guanidine groups is 3. The van der Waals surface area contributed by atoms with E-state index in [0.29, 0.717) is 31.0 Å². The molecular formula is C43H76Cl2N10O2. The molecule has 1 heterocycles. The van der Waals surface area contributed by atoms with E-state index in [0.717, 1.165) is 37.1 Å². The zero-order valence-corrected chi connectivity index (χ0v) is 36.9. The molecule has 1 atom stereocenters. The van der Waals surface area contributed by atoms with Crippen LogP contribution in [0.3, 0.4) is 0 Å². The van der Waals surface area contributed by atoms with E-state index in [1.54, 1.807) is 0 Å². The summed E-state index contributed by atoms with van der Waals surface area (Å²) in [4.78, 5) is 24.9. The zero-order chi connectivity index (χ0) is 40.0. The van der Waals surface area contributed by atoms with Crippen molar-refractivity contribution in [1.82, 2.24) is 26.6 Å². The molecule has 0 amide bonds. The van der Waals surface area contributed by atoms with Crippen molar-refractivity contribution in [3.8, 4) is 0 Å². The molecular weight excluding hydrogens is 759 g/mol. The number of carbonyl (C=O) groups is 1. The Bertz CT molecular complexity index is 1400.